The predicted octanol–water partition coefficient (Wildman–Crippen LogP) is 3.31. The molecule has 25 heavy (non-hydrogen) atoms. The van der Waals surface area contributed by atoms with Gasteiger partial charge in [-0.1, -0.05) is 59.9 Å². The average Bonchev–Trinajstić information content (AvgIpc) is 2.68. The first kappa shape index (κ1) is 19.6. The standard InChI is InChI=1S/C20H38N3OP/c1-25-19-15-21-12-13-23(19)20(24)18(14-16-8-4-2-5-9-16)22-17-10-6-3-7-11-17/h16-19,21-22,25H,2-15H2,1H3/t18-,19-/m1/s1. The third-order valence-electron chi connectivity index (χ3n) is 6.49. The number of rotatable bonds is 6. The van der Waals surface area contributed by atoms with Crippen LogP contribution in [0.4, 0.5) is 0 Å². The summed E-state index contributed by atoms with van der Waals surface area (Å²) in [5.41, 5.74) is 0. The molecule has 0 aromatic heterocycles. The van der Waals surface area contributed by atoms with Crippen LogP contribution in [-0.2, 0) is 4.79 Å². The first-order valence-electron chi connectivity index (χ1n) is 10.7. The summed E-state index contributed by atoms with van der Waals surface area (Å²) in [5.74, 6) is 1.56. The second-order valence-electron chi connectivity index (χ2n) is 8.33. The highest BCUT2D eigenvalue weighted by atomic mass is 31.1. The molecule has 5 heteroatoms. The van der Waals surface area contributed by atoms with Gasteiger partial charge in [0, 0.05) is 25.7 Å². The predicted molar refractivity (Wildman–Crippen MR) is 108 cm³/mol. The average molecular weight is 368 g/mol. The molecule has 0 bridgehead atoms. The lowest BCUT2D eigenvalue weighted by Gasteiger charge is -2.40. The quantitative estimate of drug-likeness (QED) is 0.708. The van der Waals surface area contributed by atoms with Crippen molar-refractivity contribution in [2.75, 3.05) is 26.3 Å². The topological polar surface area (TPSA) is 44.4 Å². The van der Waals surface area contributed by atoms with Crippen LogP contribution < -0.4 is 10.6 Å². The molecule has 2 saturated carbocycles. The van der Waals surface area contributed by atoms with Crippen molar-refractivity contribution in [3.8, 4) is 0 Å². The normalized spacial score (nSPS) is 28.5. The van der Waals surface area contributed by atoms with Crippen molar-refractivity contribution in [1.82, 2.24) is 15.5 Å². The van der Waals surface area contributed by atoms with E-state index in [1.807, 2.05) is 0 Å². The Hall–Kier alpha value is -0.180. The summed E-state index contributed by atoms with van der Waals surface area (Å²) in [5, 5.41) is 7.30. The third-order valence-corrected chi connectivity index (χ3v) is 7.68. The number of amides is 1. The van der Waals surface area contributed by atoms with E-state index in [-0.39, 0.29) is 6.04 Å². The highest BCUT2D eigenvalue weighted by Crippen LogP contribution is 2.30. The third kappa shape index (κ3) is 5.65. The van der Waals surface area contributed by atoms with Crippen LogP contribution in [-0.4, -0.2) is 55.0 Å². The van der Waals surface area contributed by atoms with Gasteiger partial charge in [0.05, 0.1) is 11.8 Å². The van der Waals surface area contributed by atoms with Crippen molar-refractivity contribution in [3.63, 3.8) is 0 Å². The molecule has 1 heterocycles. The van der Waals surface area contributed by atoms with Gasteiger partial charge in [-0.05, 0) is 31.8 Å². The summed E-state index contributed by atoms with van der Waals surface area (Å²) >= 11 is 0. The molecule has 1 saturated heterocycles. The van der Waals surface area contributed by atoms with Gasteiger partial charge in [-0.2, -0.15) is 0 Å². The van der Waals surface area contributed by atoms with Crippen LogP contribution in [0.3, 0.4) is 0 Å². The number of hydrogen-bond acceptors (Lipinski definition) is 3. The maximum absolute atomic E-state index is 13.5. The fraction of sp³-hybridized carbons (Fsp3) is 0.950. The lowest BCUT2D eigenvalue weighted by Crippen LogP contribution is -2.58. The lowest BCUT2D eigenvalue weighted by molar-refractivity contribution is -0.135. The fourth-order valence-corrected chi connectivity index (χ4v) is 5.89. The van der Waals surface area contributed by atoms with Crippen LogP contribution in [0.2, 0.25) is 0 Å². The van der Waals surface area contributed by atoms with Crippen molar-refractivity contribution in [2.24, 2.45) is 5.92 Å². The zero-order chi connectivity index (χ0) is 17.5. The summed E-state index contributed by atoms with van der Waals surface area (Å²) in [6, 6.07) is 0.625. The van der Waals surface area contributed by atoms with Crippen LogP contribution in [0.25, 0.3) is 0 Å². The number of nitrogens with one attached hydrogen (secondary N) is 2. The van der Waals surface area contributed by atoms with Gasteiger partial charge in [-0.15, -0.1) is 0 Å². The molecular formula is C20H38N3OP. The van der Waals surface area contributed by atoms with E-state index in [0.717, 1.165) is 40.6 Å². The molecule has 1 unspecified atom stereocenters. The van der Waals surface area contributed by atoms with E-state index in [4.69, 9.17) is 0 Å². The Labute approximate surface area is 156 Å². The minimum atomic E-state index is 0.0585. The molecule has 0 aromatic rings. The number of carbonyl (C=O) groups excluding carboxylic acids is 1. The van der Waals surface area contributed by atoms with E-state index in [1.165, 1.54) is 64.2 Å². The first-order valence-corrected chi connectivity index (χ1v) is 12.3. The summed E-state index contributed by atoms with van der Waals surface area (Å²) in [6.07, 6.45) is 14.4. The molecule has 0 radical (unpaired) electrons. The van der Waals surface area contributed by atoms with E-state index in [1.54, 1.807) is 0 Å². The van der Waals surface area contributed by atoms with Crippen LogP contribution in [0.5, 0.6) is 0 Å². The van der Waals surface area contributed by atoms with Crippen molar-refractivity contribution in [3.05, 3.63) is 0 Å². The van der Waals surface area contributed by atoms with E-state index >= 15 is 0 Å². The Morgan fingerprint density at radius 2 is 1.80 bits per heavy atom. The van der Waals surface area contributed by atoms with Crippen molar-refractivity contribution in [1.29, 1.82) is 0 Å². The molecule has 0 aromatic carbocycles. The van der Waals surface area contributed by atoms with E-state index in [0.29, 0.717) is 17.7 Å². The number of nitrogens with zero attached hydrogens (tertiary/aromatic N) is 1. The Morgan fingerprint density at radius 3 is 2.48 bits per heavy atom. The molecule has 4 nitrogen and oxygen atoms in total. The highest BCUT2D eigenvalue weighted by molar-refractivity contribution is 7.37. The molecular weight excluding hydrogens is 329 g/mol. The van der Waals surface area contributed by atoms with Gasteiger partial charge >= 0.3 is 0 Å². The number of carbonyl (C=O) groups is 1. The van der Waals surface area contributed by atoms with Crippen molar-refractivity contribution < 1.29 is 4.79 Å². The minimum absolute atomic E-state index is 0.0585. The van der Waals surface area contributed by atoms with Crippen LogP contribution in [0.1, 0.15) is 70.6 Å². The van der Waals surface area contributed by atoms with E-state index < -0.39 is 0 Å². The first-order chi connectivity index (χ1) is 12.3. The summed E-state index contributed by atoms with van der Waals surface area (Å²) in [6.45, 7) is 5.05. The molecule has 3 atom stereocenters. The molecule has 2 N–H and O–H groups in total. The molecule has 144 valence electrons. The summed E-state index contributed by atoms with van der Waals surface area (Å²) in [7, 11) is 0.803. The van der Waals surface area contributed by atoms with Gasteiger partial charge < -0.3 is 15.5 Å². The second-order valence-corrected chi connectivity index (χ2v) is 9.58. The maximum atomic E-state index is 13.5. The van der Waals surface area contributed by atoms with Crippen LogP contribution in [0.15, 0.2) is 0 Å². The van der Waals surface area contributed by atoms with Gasteiger partial charge in [0.15, 0.2) is 0 Å². The smallest absolute Gasteiger partial charge is 0.240 e. The molecule has 1 amide bonds. The molecule has 0 spiro atoms. The maximum Gasteiger partial charge on any atom is 0.240 e. The van der Waals surface area contributed by atoms with Crippen LogP contribution in [0, 0.1) is 5.92 Å². The molecule has 3 fully saturated rings. The molecule has 2 aliphatic carbocycles. The largest absolute Gasteiger partial charge is 0.332 e. The van der Waals surface area contributed by atoms with E-state index in [9.17, 15) is 4.79 Å². The van der Waals surface area contributed by atoms with Crippen LogP contribution >= 0.6 is 8.58 Å². The molecule has 3 aliphatic rings. The number of hydrogen-bond donors (Lipinski definition) is 2. The number of piperazine rings is 1. The summed E-state index contributed by atoms with van der Waals surface area (Å²) in [4.78, 5) is 15.7. The fourth-order valence-electron chi connectivity index (χ4n) is 4.98. The molecule has 1 aliphatic heterocycles. The monoisotopic (exact) mass is 367 g/mol. The SMILES string of the molecule is CP[C@@H]1CNCCN1C(=O)[C@@H](CC1CCCCC1)NC1CCCCC1. The Bertz CT molecular complexity index is 388. The minimum Gasteiger partial charge on any atom is -0.332 e. The lowest BCUT2D eigenvalue weighted by atomic mass is 9.84. The summed E-state index contributed by atoms with van der Waals surface area (Å²) < 4.78 is 0. The van der Waals surface area contributed by atoms with Crippen molar-refractivity contribution in [2.45, 2.75) is 88.5 Å². The van der Waals surface area contributed by atoms with E-state index in [2.05, 4.69) is 22.2 Å². The van der Waals surface area contributed by atoms with Gasteiger partial charge in [-0.3, -0.25) is 4.79 Å². The van der Waals surface area contributed by atoms with Gasteiger partial charge in [0.25, 0.3) is 0 Å². The van der Waals surface area contributed by atoms with Crippen molar-refractivity contribution >= 4 is 14.5 Å². The molecule has 3 rings (SSSR count). The zero-order valence-electron chi connectivity index (χ0n) is 16.1. The Kier molecular flexibility index (Phi) is 8.01. The van der Waals surface area contributed by atoms with Gasteiger partial charge in [0.2, 0.25) is 5.91 Å². The van der Waals surface area contributed by atoms with Gasteiger partial charge in [0.1, 0.15) is 0 Å². The highest BCUT2D eigenvalue weighted by Gasteiger charge is 2.33. The zero-order valence-corrected chi connectivity index (χ0v) is 17.1. The second kappa shape index (κ2) is 10.2. The Morgan fingerprint density at radius 1 is 1.12 bits per heavy atom. The Balaban J connectivity index is 1.65. The van der Waals surface area contributed by atoms with Gasteiger partial charge in [-0.25, -0.2) is 0 Å².